The Bertz CT molecular complexity index is 1180. The Balaban J connectivity index is 1.35. The molecule has 0 unspecified atom stereocenters. The Labute approximate surface area is 193 Å². The monoisotopic (exact) mass is 475 g/mol. The third kappa shape index (κ3) is 5.37. The number of piperidine rings is 1. The van der Waals surface area contributed by atoms with Gasteiger partial charge in [0.15, 0.2) is 5.88 Å². The van der Waals surface area contributed by atoms with Crippen LogP contribution < -0.4 is 5.73 Å². The number of aryl methyl sites for hydroxylation is 1. The Hall–Kier alpha value is -2.90. The largest absolute Gasteiger partial charge is 0.475 e. The number of allylic oxidation sites excluding steroid dienone is 2. The maximum absolute atomic E-state index is 12.6. The molecule has 174 valence electrons. The summed E-state index contributed by atoms with van der Waals surface area (Å²) in [6.45, 7) is 4.43. The van der Waals surface area contributed by atoms with Gasteiger partial charge in [-0.3, -0.25) is 10.3 Å². The highest BCUT2D eigenvalue weighted by atomic mass is 32.2. The van der Waals surface area contributed by atoms with Crippen LogP contribution in [0.2, 0.25) is 0 Å². The van der Waals surface area contributed by atoms with Crippen molar-refractivity contribution in [1.29, 1.82) is 10.7 Å². The number of hydrogen-bond donors (Lipinski definition) is 3. The topological polar surface area (TPSA) is 102 Å². The number of hydrogen-bond acceptors (Lipinski definition) is 6. The Morgan fingerprint density at radius 2 is 2.09 bits per heavy atom. The van der Waals surface area contributed by atoms with E-state index in [9.17, 15) is 13.2 Å². The molecule has 0 amide bonds. The van der Waals surface area contributed by atoms with Crippen LogP contribution in [0.5, 0.6) is 0 Å². The second kappa shape index (κ2) is 9.15. The van der Waals surface area contributed by atoms with Crippen LogP contribution in [0.1, 0.15) is 36.1 Å². The van der Waals surface area contributed by atoms with Crippen molar-refractivity contribution in [3.8, 4) is 6.07 Å². The van der Waals surface area contributed by atoms with Crippen molar-refractivity contribution in [2.75, 3.05) is 13.1 Å². The third-order valence-electron chi connectivity index (χ3n) is 5.95. The predicted octanol–water partition coefficient (Wildman–Crippen LogP) is 5.06. The van der Waals surface area contributed by atoms with Crippen LogP contribution in [0.25, 0.3) is 10.9 Å². The van der Waals surface area contributed by atoms with Crippen LogP contribution >= 0.6 is 11.8 Å². The molecule has 1 saturated heterocycles. The molecule has 6 nitrogen and oxygen atoms in total. The molecule has 1 fully saturated rings. The second-order valence-electron chi connectivity index (χ2n) is 8.31. The minimum Gasteiger partial charge on any atom is -0.475 e. The van der Waals surface area contributed by atoms with E-state index in [1.807, 2.05) is 12.1 Å². The van der Waals surface area contributed by atoms with E-state index in [1.54, 1.807) is 0 Å². The van der Waals surface area contributed by atoms with E-state index in [0.717, 1.165) is 60.7 Å². The average Bonchev–Trinajstić information content (AvgIpc) is 3.33. The van der Waals surface area contributed by atoms with Crippen molar-refractivity contribution in [2.45, 2.75) is 45.0 Å². The number of likely N-dealkylation sites (tertiary alicyclic amines) is 1. The van der Waals surface area contributed by atoms with E-state index in [4.69, 9.17) is 21.1 Å². The van der Waals surface area contributed by atoms with Crippen molar-refractivity contribution < 1.29 is 17.9 Å². The van der Waals surface area contributed by atoms with Gasteiger partial charge in [-0.05, 0) is 49.1 Å². The molecule has 4 rings (SSSR count). The highest BCUT2D eigenvalue weighted by Gasteiger charge is 2.33. The number of H-pyrrole nitrogens is 1. The fraction of sp³-hybridized carbons (Fsp3) is 0.391. The van der Waals surface area contributed by atoms with Crippen molar-refractivity contribution in [2.24, 2.45) is 5.73 Å². The van der Waals surface area contributed by atoms with Gasteiger partial charge in [0.05, 0.1) is 12.0 Å². The molecular weight excluding hydrogens is 451 g/mol. The summed E-state index contributed by atoms with van der Waals surface area (Å²) in [6.07, 6.45) is -2.75. The molecule has 0 bridgehead atoms. The van der Waals surface area contributed by atoms with E-state index in [1.165, 1.54) is 11.6 Å². The van der Waals surface area contributed by atoms with Gasteiger partial charge in [0.25, 0.3) is 0 Å². The predicted molar refractivity (Wildman–Crippen MR) is 122 cm³/mol. The normalized spacial score (nSPS) is 19.6. The van der Waals surface area contributed by atoms with Crippen LogP contribution in [0.3, 0.4) is 0 Å². The number of ether oxygens (including phenoxy) is 1. The summed E-state index contributed by atoms with van der Waals surface area (Å²) < 4.78 is 43.7. The van der Waals surface area contributed by atoms with Gasteiger partial charge in [-0.25, -0.2) is 0 Å². The zero-order valence-corrected chi connectivity index (χ0v) is 18.9. The molecule has 2 aliphatic rings. The Morgan fingerprint density at radius 1 is 1.36 bits per heavy atom. The van der Waals surface area contributed by atoms with Crippen LogP contribution in [-0.2, 0) is 11.3 Å². The van der Waals surface area contributed by atoms with Crippen LogP contribution in [0, 0.1) is 23.7 Å². The van der Waals surface area contributed by atoms with Gasteiger partial charge in [0.1, 0.15) is 22.9 Å². The van der Waals surface area contributed by atoms with Gasteiger partial charge < -0.3 is 15.5 Å². The molecule has 3 heterocycles. The zero-order chi connectivity index (χ0) is 23.8. The zero-order valence-electron chi connectivity index (χ0n) is 18.1. The number of nitrogens with one attached hydrogen (secondary N) is 2. The number of thioether (sulfide) groups is 1. The molecule has 33 heavy (non-hydrogen) atoms. The minimum atomic E-state index is -4.32. The number of fused-ring (bicyclic) bond motifs is 1. The van der Waals surface area contributed by atoms with E-state index in [0.29, 0.717) is 5.69 Å². The summed E-state index contributed by atoms with van der Waals surface area (Å²) in [4.78, 5) is 5.48. The summed E-state index contributed by atoms with van der Waals surface area (Å²) in [5, 5.41) is 18.1. The number of aromatic nitrogens is 1. The lowest BCUT2D eigenvalue weighted by Crippen LogP contribution is -2.37. The summed E-state index contributed by atoms with van der Waals surface area (Å²) in [5.74, 6) is 0.0187. The summed E-state index contributed by atoms with van der Waals surface area (Å²) in [7, 11) is 0. The first-order valence-corrected chi connectivity index (χ1v) is 11.4. The van der Waals surface area contributed by atoms with Gasteiger partial charge in [-0.1, -0.05) is 17.8 Å². The second-order valence-corrected chi connectivity index (χ2v) is 9.45. The lowest BCUT2D eigenvalue weighted by atomic mass is 10.0. The molecular formula is C23H24F3N5OS. The standard InChI is InChI=1S/C23H24F3N5OS/c1-13-14(2-3-20-18(13)8-15(11-27)30-20)12-31-6-4-16(5-7-31)32-21(28)19-9-17(33-22(19)29)10-23(24,25)26/h2-3,8-9,16,29-30H,4-7,10,12,28H2,1H3/b21-19+,29-22?. The molecule has 1 aromatic carbocycles. The molecule has 2 aliphatic heterocycles. The number of rotatable bonds is 5. The fourth-order valence-corrected chi connectivity index (χ4v) is 5.15. The van der Waals surface area contributed by atoms with Crippen LogP contribution in [-0.4, -0.2) is 40.3 Å². The van der Waals surface area contributed by atoms with Crippen molar-refractivity contribution in [1.82, 2.24) is 9.88 Å². The van der Waals surface area contributed by atoms with E-state index < -0.39 is 12.6 Å². The molecule has 1 aromatic heterocycles. The molecule has 0 aliphatic carbocycles. The maximum Gasteiger partial charge on any atom is 0.393 e. The van der Waals surface area contributed by atoms with E-state index >= 15 is 0 Å². The molecule has 0 spiro atoms. The van der Waals surface area contributed by atoms with Gasteiger partial charge in [-0.2, -0.15) is 18.4 Å². The Kier molecular flexibility index (Phi) is 6.45. The van der Waals surface area contributed by atoms with Crippen molar-refractivity contribution in [3.05, 3.63) is 57.5 Å². The van der Waals surface area contributed by atoms with Gasteiger partial charge in [0, 0.05) is 35.4 Å². The quantitative estimate of drug-likeness (QED) is 0.525. The first kappa shape index (κ1) is 23.3. The van der Waals surface area contributed by atoms with E-state index in [-0.39, 0.29) is 27.5 Å². The van der Waals surface area contributed by atoms with E-state index in [2.05, 4.69) is 28.9 Å². The molecule has 0 atom stereocenters. The number of benzene rings is 1. The number of nitrogens with two attached hydrogens (primary N) is 1. The first-order valence-electron chi connectivity index (χ1n) is 10.6. The maximum atomic E-state index is 12.6. The third-order valence-corrected chi connectivity index (χ3v) is 6.90. The number of halogens is 3. The smallest absolute Gasteiger partial charge is 0.393 e. The highest BCUT2D eigenvalue weighted by molar-refractivity contribution is 8.18. The SMILES string of the molecule is Cc1c(CN2CCC(O/C(N)=C3\C=C(CC(F)(F)F)SC3=N)CC2)ccc2[nH]c(C#N)cc12. The Morgan fingerprint density at radius 3 is 2.76 bits per heavy atom. The van der Waals surface area contributed by atoms with Crippen molar-refractivity contribution >= 4 is 27.7 Å². The molecule has 4 N–H and O–H groups in total. The average molecular weight is 476 g/mol. The fourth-order valence-electron chi connectivity index (χ4n) is 4.20. The number of aromatic amines is 1. The molecule has 2 aromatic rings. The number of nitriles is 1. The van der Waals surface area contributed by atoms with Gasteiger partial charge in [-0.15, -0.1) is 0 Å². The number of alkyl halides is 3. The molecule has 0 radical (unpaired) electrons. The number of nitrogens with zero attached hydrogens (tertiary/aromatic N) is 2. The van der Waals surface area contributed by atoms with Crippen LogP contribution in [0.4, 0.5) is 13.2 Å². The highest BCUT2D eigenvalue weighted by Crippen LogP contribution is 2.39. The molecule has 10 heteroatoms. The van der Waals surface area contributed by atoms with Gasteiger partial charge >= 0.3 is 6.18 Å². The molecule has 0 saturated carbocycles. The summed E-state index contributed by atoms with van der Waals surface area (Å²) in [5.41, 5.74) is 10.1. The van der Waals surface area contributed by atoms with Crippen LogP contribution in [0.15, 0.2) is 40.6 Å². The summed E-state index contributed by atoms with van der Waals surface area (Å²) in [6, 6.07) is 8.09. The van der Waals surface area contributed by atoms with Gasteiger partial charge in [0.2, 0.25) is 0 Å². The lowest BCUT2D eigenvalue weighted by Gasteiger charge is -2.32. The lowest BCUT2D eigenvalue weighted by molar-refractivity contribution is -0.125. The summed E-state index contributed by atoms with van der Waals surface area (Å²) >= 11 is 0.776. The minimum absolute atomic E-state index is 0.0145. The van der Waals surface area contributed by atoms with Crippen molar-refractivity contribution in [3.63, 3.8) is 0 Å². The first-order chi connectivity index (χ1) is 15.6.